The molecule has 1 aromatic heterocycles. The van der Waals surface area contributed by atoms with E-state index in [9.17, 15) is 4.79 Å². The number of aryl methyl sites for hydroxylation is 1. The highest BCUT2D eigenvalue weighted by molar-refractivity contribution is 6.17. The van der Waals surface area contributed by atoms with E-state index in [0.717, 1.165) is 18.7 Å². The van der Waals surface area contributed by atoms with E-state index in [1.165, 1.54) is 0 Å². The van der Waals surface area contributed by atoms with Crippen LogP contribution in [0.5, 0.6) is 0 Å². The zero-order valence-electron chi connectivity index (χ0n) is 8.01. The lowest BCUT2D eigenvalue weighted by atomic mass is 10.2. The largest absolute Gasteiger partial charge is 0.313 e. The second-order valence-electron chi connectivity index (χ2n) is 3.09. The van der Waals surface area contributed by atoms with Crippen LogP contribution in [0.4, 0.5) is 0 Å². The van der Waals surface area contributed by atoms with Gasteiger partial charge in [-0.25, -0.2) is 0 Å². The summed E-state index contributed by atoms with van der Waals surface area (Å²) in [6.45, 7) is 4.77. The third-order valence-electron chi connectivity index (χ3n) is 2.06. The van der Waals surface area contributed by atoms with Gasteiger partial charge >= 0.3 is 0 Å². The molecular weight excluding hydrogens is 186 g/mol. The molecule has 0 bridgehead atoms. The molecule has 72 valence electrons. The van der Waals surface area contributed by atoms with Gasteiger partial charge in [-0.3, -0.25) is 4.79 Å². The molecule has 1 rings (SSSR count). The second kappa shape index (κ2) is 4.47. The number of rotatable bonds is 3. The normalized spacial score (nSPS) is 10.4. The summed E-state index contributed by atoms with van der Waals surface area (Å²) in [5, 5.41) is 0. The van der Waals surface area contributed by atoms with E-state index in [1.807, 2.05) is 13.0 Å². The molecule has 2 nitrogen and oxygen atoms in total. The van der Waals surface area contributed by atoms with Crippen molar-refractivity contribution in [1.29, 1.82) is 0 Å². The van der Waals surface area contributed by atoms with Crippen LogP contribution in [0.15, 0.2) is 16.9 Å². The molecule has 0 fully saturated rings. The third kappa shape index (κ3) is 2.13. The molecule has 0 saturated carbocycles. The smallest absolute Gasteiger partial charge is 0.255 e. The highest BCUT2D eigenvalue weighted by Crippen LogP contribution is 2.01. The summed E-state index contributed by atoms with van der Waals surface area (Å²) >= 11 is 5.64. The van der Waals surface area contributed by atoms with E-state index in [-0.39, 0.29) is 5.56 Å². The molecule has 0 aliphatic heterocycles. The van der Waals surface area contributed by atoms with Crippen LogP contribution < -0.4 is 5.56 Å². The first-order valence-corrected chi connectivity index (χ1v) is 4.99. The maximum absolute atomic E-state index is 11.7. The Kier molecular flexibility index (Phi) is 3.55. The Morgan fingerprint density at radius 1 is 1.46 bits per heavy atom. The first-order chi connectivity index (χ1) is 6.20. The minimum absolute atomic E-state index is 0.0526. The van der Waals surface area contributed by atoms with Gasteiger partial charge in [0, 0.05) is 17.8 Å². The van der Waals surface area contributed by atoms with E-state index in [2.05, 4.69) is 6.92 Å². The van der Waals surface area contributed by atoms with Gasteiger partial charge in [0.1, 0.15) is 0 Å². The van der Waals surface area contributed by atoms with Crippen molar-refractivity contribution in [3.63, 3.8) is 0 Å². The van der Waals surface area contributed by atoms with Crippen molar-refractivity contribution in [2.24, 2.45) is 0 Å². The molecule has 1 heterocycles. The fourth-order valence-electron chi connectivity index (χ4n) is 1.32. The minimum atomic E-state index is 0.0526. The van der Waals surface area contributed by atoms with Gasteiger partial charge in [-0.05, 0) is 19.4 Å². The number of aromatic nitrogens is 1. The summed E-state index contributed by atoms with van der Waals surface area (Å²) < 4.78 is 1.78. The van der Waals surface area contributed by atoms with E-state index >= 15 is 0 Å². The third-order valence-corrected chi connectivity index (χ3v) is 2.35. The van der Waals surface area contributed by atoms with Gasteiger partial charge in [0.25, 0.3) is 5.56 Å². The Bertz CT molecular complexity index is 343. The van der Waals surface area contributed by atoms with E-state index in [0.29, 0.717) is 11.4 Å². The topological polar surface area (TPSA) is 22.0 Å². The summed E-state index contributed by atoms with van der Waals surface area (Å²) in [6, 6.07) is 3.74. The Morgan fingerprint density at radius 3 is 2.69 bits per heavy atom. The van der Waals surface area contributed by atoms with Crippen molar-refractivity contribution in [3.05, 3.63) is 33.7 Å². The molecule has 0 saturated heterocycles. The minimum Gasteiger partial charge on any atom is -0.313 e. The van der Waals surface area contributed by atoms with Gasteiger partial charge in [-0.15, -0.1) is 11.6 Å². The molecule has 0 aliphatic rings. The predicted octanol–water partition coefficient (Wildman–Crippen LogP) is 2.31. The summed E-state index contributed by atoms with van der Waals surface area (Å²) in [6.07, 6.45) is 0.965. The summed E-state index contributed by atoms with van der Waals surface area (Å²) in [7, 11) is 0. The van der Waals surface area contributed by atoms with Crippen molar-refractivity contribution in [3.8, 4) is 0 Å². The van der Waals surface area contributed by atoms with Crippen LogP contribution in [-0.4, -0.2) is 4.57 Å². The zero-order chi connectivity index (χ0) is 9.84. The molecule has 0 amide bonds. The zero-order valence-corrected chi connectivity index (χ0v) is 8.77. The molecule has 1 aromatic rings. The van der Waals surface area contributed by atoms with Crippen LogP contribution in [0.1, 0.15) is 24.6 Å². The standard InChI is InChI=1S/C10H14ClNO/c1-3-6-12-8(2)4-5-9(7-11)10(12)13/h4-5H,3,6-7H2,1-2H3. The van der Waals surface area contributed by atoms with Gasteiger partial charge in [0.2, 0.25) is 0 Å². The molecule has 0 spiro atoms. The Hall–Kier alpha value is -0.760. The number of hydrogen-bond acceptors (Lipinski definition) is 1. The second-order valence-corrected chi connectivity index (χ2v) is 3.36. The lowest BCUT2D eigenvalue weighted by molar-refractivity contribution is 0.631. The van der Waals surface area contributed by atoms with Gasteiger partial charge in [0.05, 0.1) is 5.88 Å². The van der Waals surface area contributed by atoms with Crippen molar-refractivity contribution >= 4 is 11.6 Å². The highest BCUT2D eigenvalue weighted by atomic mass is 35.5. The number of hydrogen-bond donors (Lipinski definition) is 0. The van der Waals surface area contributed by atoms with E-state index in [4.69, 9.17) is 11.6 Å². The van der Waals surface area contributed by atoms with Gasteiger partial charge in [-0.2, -0.15) is 0 Å². The molecular formula is C10H14ClNO. The molecule has 0 aliphatic carbocycles. The molecule has 0 atom stereocenters. The molecule has 3 heteroatoms. The van der Waals surface area contributed by atoms with E-state index in [1.54, 1.807) is 10.6 Å². The predicted molar refractivity (Wildman–Crippen MR) is 55.3 cm³/mol. The van der Waals surface area contributed by atoms with Crippen molar-refractivity contribution < 1.29 is 0 Å². The fraction of sp³-hybridized carbons (Fsp3) is 0.500. The van der Waals surface area contributed by atoms with Crippen LogP contribution in [0, 0.1) is 6.92 Å². The van der Waals surface area contributed by atoms with Gasteiger partial charge < -0.3 is 4.57 Å². The lowest BCUT2D eigenvalue weighted by Crippen LogP contribution is -2.24. The van der Waals surface area contributed by atoms with Crippen LogP contribution >= 0.6 is 11.6 Å². The van der Waals surface area contributed by atoms with Crippen molar-refractivity contribution in [1.82, 2.24) is 4.57 Å². The molecule has 0 radical (unpaired) electrons. The van der Waals surface area contributed by atoms with Crippen molar-refractivity contribution in [2.45, 2.75) is 32.7 Å². The molecule has 0 unspecified atom stereocenters. The first-order valence-electron chi connectivity index (χ1n) is 4.46. The van der Waals surface area contributed by atoms with Gasteiger partial charge in [0.15, 0.2) is 0 Å². The lowest BCUT2D eigenvalue weighted by Gasteiger charge is -2.09. The maximum Gasteiger partial charge on any atom is 0.255 e. The average Bonchev–Trinajstić information content (AvgIpc) is 2.12. The molecule has 0 aromatic carbocycles. The number of halogens is 1. The monoisotopic (exact) mass is 199 g/mol. The molecule has 0 N–H and O–H groups in total. The quantitative estimate of drug-likeness (QED) is 0.685. The first kappa shape index (κ1) is 10.3. The van der Waals surface area contributed by atoms with Gasteiger partial charge in [-0.1, -0.05) is 13.0 Å². The Labute approximate surface area is 83.2 Å². The van der Waals surface area contributed by atoms with Crippen LogP contribution in [0.25, 0.3) is 0 Å². The van der Waals surface area contributed by atoms with E-state index < -0.39 is 0 Å². The highest BCUT2D eigenvalue weighted by Gasteiger charge is 2.03. The molecule has 13 heavy (non-hydrogen) atoms. The van der Waals surface area contributed by atoms with Crippen LogP contribution in [-0.2, 0) is 12.4 Å². The Morgan fingerprint density at radius 2 is 2.15 bits per heavy atom. The number of nitrogens with zero attached hydrogens (tertiary/aromatic N) is 1. The number of alkyl halides is 1. The number of pyridine rings is 1. The average molecular weight is 200 g/mol. The van der Waals surface area contributed by atoms with Crippen LogP contribution in [0.2, 0.25) is 0 Å². The maximum atomic E-state index is 11.7. The summed E-state index contributed by atoms with van der Waals surface area (Å²) in [5.74, 6) is 0.294. The fourth-order valence-corrected chi connectivity index (χ4v) is 1.52. The SMILES string of the molecule is CCCn1c(C)ccc(CCl)c1=O. The Balaban J connectivity index is 3.22. The summed E-state index contributed by atoms with van der Waals surface area (Å²) in [5.41, 5.74) is 1.73. The van der Waals surface area contributed by atoms with Crippen molar-refractivity contribution in [2.75, 3.05) is 0 Å². The summed E-state index contributed by atoms with van der Waals surface area (Å²) in [4.78, 5) is 11.7. The van der Waals surface area contributed by atoms with Crippen LogP contribution in [0.3, 0.4) is 0 Å².